The van der Waals surface area contributed by atoms with E-state index in [0.29, 0.717) is 0 Å². The Labute approximate surface area is 95.9 Å². The van der Waals surface area contributed by atoms with E-state index in [0.717, 1.165) is 26.3 Å². The highest BCUT2D eigenvalue weighted by Crippen LogP contribution is 2.00. The largest absolute Gasteiger partial charge is 0.380 e. The molecule has 2 nitrogen and oxygen atoms in total. The van der Waals surface area contributed by atoms with E-state index < -0.39 is 0 Å². The molecule has 0 aliphatic rings. The van der Waals surface area contributed by atoms with Gasteiger partial charge in [-0.3, -0.25) is 0 Å². The number of nitrogens with one attached hydrogen (secondary N) is 1. The van der Waals surface area contributed by atoms with Gasteiger partial charge in [0.1, 0.15) is 0 Å². The second-order valence-electron chi connectivity index (χ2n) is 3.05. The molecule has 13 heavy (non-hydrogen) atoms. The van der Waals surface area contributed by atoms with E-state index in [1.807, 2.05) is 6.92 Å². The van der Waals surface area contributed by atoms with Gasteiger partial charge in [0, 0.05) is 13.2 Å². The molecule has 80 valence electrons. The second kappa shape index (κ2) is 12.7. The van der Waals surface area contributed by atoms with Crippen LogP contribution in [0, 0.1) is 0 Å². The van der Waals surface area contributed by atoms with E-state index in [1.165, 1.54) is 30.1 Å². The Hall–Kier alpha value is 0.650. The molecule has 0 aromatic heterocycles. The van der Waals surface area contributed by atoms with Gasteiger partial charge < -0.3 is 10.1 Å². The van der Waals surface area contributed by atoms with Gasteiger partial charge in [0.2, 0.25) is 0 Å². The van der Waals surface area contributed by atoms with Gasteiger partial charge in [-0.25, -0.2) is 0 Å². The van der Waals surface area contributed by atoms with Crippen LogP contribution >= 0.6 is 22.6 Å². The highest BCUT2D eigenvalue weighted by Gasteiger charge is 1.89. The van der Waals surface area contributed by atoms with Crippen LogP contribution in [0.4, 0.5) is 0 Å². The summed E-state index contributed by atoms with van der Waals surface area (Å²) in [6, 6.07) is 0. The molecule has 1 N–H and O–H groups in total. The SMILES string of the molecule is CCOCCNCCCCCCI. The van der Waals surface area contributed by atoms with Crippen molar-refractivity contribution in [3.63, 3.8) is 0 Å². The van der Waals surface area contributed by atoms with Crippen molar-refractivity contribution >= 4 is 22.6 Å². The molecule has 0 bridgehead atoms. The predicted molar refractivity (Wildman–Crippen MR) is 66.7 cm³/mol. The van der Waals surface area contributed by atoms with Gasteiger partial charge in [-0.15, -0.1) is 0 Å². The Bertz CT molecular complexity index is 81.0. The lowest BCUT2D eigenvalue weighted by molar-refractivity contribution is 0.149. The van der Waals surface area contributed by atoms with E-state index in [-0.39, 0.29) is 0 Å². The van der Waals surface area contributed by atoms with Crippen molar-refractivity contribution in [3.05, 3.63) is 0 Å². The molecule has 0 aromatic rings. The first kappa shape index (κ1) is 13.7. The summed E-state index contributed by atoms with van der Waals surface area (Å²) in [5, 5.41) is 3.37. The lowest BCUT2D eigenvalue weighted by atomic mass is 10.2. The molecule has 0 aliphatic heterocycles. The van der Waals surface area contributed by atoms with Gasteiger partial charge in [0.05, 0.1) is 6.61 Å². The van der Waals surface area contributed by atoms with Gasteiger partial charge in [0.25, 0.3) is 0 Å². The summed E-state index contributed by atoms with van der Waals surface area (Å²) in [5.41, 5.74) is 0. The minimum atomic E-state index is 0.831. The Morgan fingerprint density at radius 1 is 1.08 bits per heavy atom. The molecule has 0 unspecified atom stereocenters. The van der Waals surface area contributed by atoms with Crippen LogP contribution in [0.3, 0.4) is 0 Å². The summed E-state index contributed by atoms with van der Waals surface area (Å²) in [5.74, 6) is 0. The number of hydrogen-bond donors (Lipinski definition) is 1. The lowest BCUT2D eigenvalue weighted by Crippen LogP contribution is -2.20. The van der Waals surface area contributed by atoms with Gasteiger partial charge in [-0.2, -0.15) is 0 Å². The Balaban J connectivity index is 2.76. The smallest absolute Gasteiger partial charge is 0.0590 e. The first-order chi connectivity index (χ1) is 6.41. The van der Waals surface area contributed by atoms with Crippen LogP contribution in [0.15, 0.2) is 0 Å². The Morgan fingerprint density at radius 2 is 1.85 bits per heavy atom. The standard InChI is InChI=1S/C10H22INO/c1-2-13-10-9-12-8-6-4-3-5-7-11/h12H,2-10H2,1H3. The van der Waals surface area contributed by atoms with Gasteiger partial charge in [-0.05, 0) is 30.7 Å². The zero-order valence-corrected chi connectivity index (χ0v) is 10.8. The third kappa shape index (κ3) is 12.6. The van der Waals surface area contributed by atoms with Crippen LogP contribution in [0.1, 0.15) is 32.6 Å². The lowest BCUT2D eigenvalue weighted by Gasteiger charge is -2.04. The van der Waals surface area contributed by atoms with Gasteiger partial charge in [-0.1, -0.05) is 35.4 Å². The van der Waals surface area contributed by atoms with Crippen molar-refractivity contribution in [2.24, 2.45) is 0 Å². The van der Waals surface area contributed by atoms with Crippen molar-refractivity contribution in [2.75, 3.05) is 30.7 Å². The van der Waals surface area contributed by atoms with Crippen molar-refractivity contribution in [2.45, 2.75) is 32.6 Å². The molecular formula is C10H22INO. The van der Waals surface area contributed by atoms with Gasteiger partial charge >= 0.3 is 0 Å². The maximum atomic E-state index is 5.22. The fraction of sp³-hybridized carbons (Fsp3) is 1.00. The molecule has 3 heteroatoms. The predicted octanol–water partition coefficient (Wildman–Crippen LogP) is 2.61. The summed E-state index contributed by atoms with van der Waals surface area (Å²) in [4.78, 5) is 0. The fourth-order valence-corrected chi connectivity index (χ4v) is 1.65. The quantitative estimate of drug-likeness (QED) is 0.380. The molecule has 0 aliphatic carbocycles. The van der Waals surface area contributed by atoms with Crippen molar-refractivity contribution in [3.8, 4) is 0 Å². The zero-order valence-electron chi connectivity index (χ0n) is 8.65. The highest BCUT2D eigenvalue weighted by atomic mass is 127. The minimum Gasteiger partial charge on any atom is -0.380 e. The molecule has 0 spiro atoms. The third-order valence-electron chi connectivity index (χ3n) is 1.86. The number of alkyl halides is 1. The minimum absolute atomic E-state index is 0.831. The van der Waals surface area contributed by atoms with E-state index in [9.17, 15) is 0 Å². The highest BCUT2D eigenvalue weighted by molar-refractivity contribution is 14.1. The first-order valence-corrected chi connectivity index (χ1v) is 6.78. The number of ether oxygens (including phenoxy) is 1. The summed E-state index contributed by atoms with van der Waals surface area (Å²) in [6.07, 6.45) is 5.43. The number of halogens is 1. The Kier molecular flexibility index (Phi) is 13.3. The summed E-state index contributed by atoms with van der Waals surface area (Å²) < 4.78 is 6.52. The first-order valence-electron chi connectivity index (χ1n) is 5.26. The van der Waals surface area contributed by atoms with Crippen LogP contribution in [0.5, 0.6) is 0 Å². The van der Waals surface area contributed by atoms with E-state index in [2.05, 4.69) is 27.9 Å². The summed E-state index contributed by atoms with van der Waals surface area (Å²) in [6.45, 7) is 5.86. The molecule has 0 atom stereocenters. The maximum Gasteiger partial charge on any atom is 0.0590 e. The monoisotopic (exact) mass is 299 g/mol. The summed E-state index contributed by atoms with van der Waals surface area (Å²) >= 11 is 2.44. The molecule has 0 heterocycles. The molecule has 0 rings (SSSR count). The number of hydrogen-bond acceptors (Lipinski definition) is 2. The molecule has 0 saturated heterocycles. The number of unbranched alkanes of at least 4 members (excludes halogenated alkanes) is 3. The van der Waals surface area contributed by atoms with Crippen LogP contribution in [-0.2, 0) is 4.74 Å². The van der Waals surface area contributed by atoms with E-state index in [1.54, 1.807) is 0 Å². The molecular weight excluding hydrogens is 277 g/mol. The van der Waals surface area contributed by atoms with Crippen LogP contribution < -0.4 is 5.32 Å². The second-order valence-corrected chi connectivity index (χ2v) is 4.13. The van der Waals surface area contributed by atoms with Crippen LogP contribution in [0.2, 0.25) is 0 Å². The molecule has 0 saturated carbocycles. The number of rotatable bonds is 10. The van der Waals surface area contributed by atoms with Crippen LogP contribution in [-0.4, -0.2) is 30.7 Å². The average molecular weight is 299 g/mol. The maximum absolute atomic E-state index is 5.22. The molecule has 0 fully saturated rings. The van der Waals surface area contributed by atoms with Crippen LogP contribution in [0.25, 0.3) is 0 Å². The summed E-state index contributed by atoms with van der Waals surface area (Å²) in [7, 11) is 0. The fourth-order valence-electron chi connectivity index (χ4n) is 1.11. The zero-order chi connectivity index (χ0) is 9.78. The molecule has 0 radical (unpaired) electrons. The molecule has 0 aromatic carbocycles. The third-order valence-corrected chi connectivity index (χ3v) is 2.63. The van der Waals surface area contributed by atoms with Crippen molar-refractivity contribution in [1.29, 1.82) is 0 Å². The van der Waals surface area contributed by atoms with Gasteiger partial charge in [0.15, 0.2) is 0 Å². The van der Waals surface area contributed by atoms with Crippen molar-refractivity contribution < 1.29 is 4.74 Å². The van der Waals surface area contributed by atoms with Crippen molar-refractivity contribution in [1.82, 2.24) is 5.32 Å². The Morgan fingerprint density at radius 3 is 2.54 bits per heavy atom. The average Bonchev–Trinajstić information content (AvgIpc) is 2.16. The van der Waals surface area contributed by atoms with E-state index in [4.69, 9.17) is 4.74 Å². The topological polar surface area (TPSA) is 21.3 Å². The molecule has 0 amide bonds. The van der Waals surface area contributed by atoms with E-state index >= 15 is 0 Å². The normalized spacial score (nSPS) is 10.6.